The van der Waals surface area contributed by atoms with E-state index in [9.17, 15) is 9.59 Å². The van der Waals surface area contributed by atoms with Crippen molar-refractivity contribution < 1.29 is 9.59 Å². The molecule has 6 heteroatoms. The zero-order valence-electron chi connectivity index (χ0n) is 12.8. The number of nitrogens with zero attached hydrogens (tertiary/aromatic N) is 3. The van der Waals surface area contributed by atoms with E-state index in [1.54, 1.807) is 24.9 Å². The Labute approximate surface area is 124 Å². The van der Waals surface area contributed by atoms with Crippen LogP contribution >= 0.6 is 0 Å². The highest BCUT2D eigenvalue weighted by molar-refractivity contribution is 5.99. The minimum atomic E-state index is -0.811. The molecule has 3 rings (SSSR count). The van der Waals surface area contributed by atoms with Crippen molar-refractivity contribution in [3.05, 3.63) is 18.0 Å². The molecule has 1 N–H and O–H groups in total. The van der Waals surface area contributed by atoms with E-state index in [-0.39, 0.29) is 17.9 Å². The summed E-state index contributed by atoms with van der Waals surface area (Å²) >= 11 is 0. The second-order valence-electron chi connectivity index (χ2n) is 6.59. The van der Waals surface area contributed by atoms with Gasteiger partial charge in [0.1, 0.15) is 11.6 Å². The topological polar surface area (TPSA) is 67.2 Å². The molecule has 0 spiro atoms. The van der Waals surface area contributed by atoms with E-state index < -0.39 is 5.54 Å². The standard InChI is InChI=1S/C15H22N4O2/c1-15(2)14(21)19(9-7-11-6-8-16-18(11)3)12(10-4-5-10)13(20)17-15/h6,8,10,12H,4-5,7,9H2,1-3H3,(H,17,20). The van der Waals surface area contributed by atoms with Crippen LogP contribution in [0.15, 0.2) is 12.3 Å². The summed E-state index contributed by atoms with van der Waals surface area (Å²) < 4.78 is 1.81. The van der Waals surface area contributed by atoms with Crippen LogP contribution in [0.1, 0.15) is 32.4 Å². The molecule has 2 heterocycles. The Morgan fingerprint density at radius 3 is 2.67 bits per heavy atom. The van der Waals surface area contributed by atoms with Crippen molar-refractivity contribution in [2.45, 2.75) is 44.7 Å². The monoisotopic (exact) mass is 290 g/mol. The van der Waals surface area contributed by atoms with Gasteiger partial charge in [-0.25, -0.2) is 0 Å². The molecule has 1 aliphatic heterocycles. The smallest absolute Gasteiger partial charge is 0.248 e. The molecule has 1 atom stereocenters. The number of piperazine rings is 1. The average molecular weight is 290 g/mol. The van der Waals surface area contributed by atoms with E-state index >= 15 is 0 Å². The van der Waals surface area contributed by atoms with Crippen molar-refractivity contribution in [1.29, 1.82) is 0 Å². The van der Waals surface area contributed by atoms with E-state index in [1.807, 2.05) is 17.8 Å². The van der Waals surface area contributed by atoms with Gasteiger partial charge in [0.2, 0.25) is 11.8 Å². The molecule has 21 heavy (non-hydrogen) atoms. The lowest BCUT2D eigenvalue weighted by atomic mass is 9.94. The minimum absolute atomic E-state index is 0.00731. The van der Waals surface area contributed by atoms with Crippen LogP contribution in [0.4, 0.5) is 0 Å². The van der Waals surface area contributed by atoms with Crippen LogP contribution in [0.5, 0.6) is 0 Å². The molecular weight excluding hydrogens is 268 g/mol. The van der Waals surface area contributed by atoms with E-state index in [0.717, 1.165) is 25.0 Å². The summed E-state index contributed by atoms with van der Waals surface area (Å²) in [5, 5.41) is 7.01. The normalized spacial score (nSPS) is 25.1. The molecular formula is C15H22N4O2. The number of rotatable bonds is 4. The SMILES string of the molecule is Cn1nccc1CCN1C(=O)C(C)(C)NC(=O)C1C1CC1. The van der Waals surface area contributed by atoms with Gasteiger partial charge < -0.3 is 10.2 Å². The number of aromatic nitrogens is 2. The molecule has 2 aliphatic rings. The van der Waals surface area contributed by atoms with Crippen molar-refractivity contribution in [3.63, 3.8) is 0 Å². The van der Waals surface area contributed by atoms with Gasteiger partial charge in [0, 0.05) is 31.9 Å². The fraction of sp³-hybridized carbons (Fsp3) is 0.667. The summed E-state index contributed by atoms with van der Waals surface area (Å²) in [6, 6.07) is 1.66. The van der Waals surface area contributed by atoms with Crippen molar-refractivity contribution in [3.8, 4) is 0 Å². The van der Waals surface area contributed by atoms with Crippen LogP contribution < -0.4 is 5.32 Å². The zero-order valence-corrected chi connectivity index (χ0v) is 12.8. The molecule has 0 aromatic carbocycles. The van der Waals surface area contributed by atoms with Crippen LogP contribution in [0, 0.1) is 5.92 Å². The molecule has 6 nitrogen and oxygen atoms in total. The maximum atomic E-state index is 12.7. The lowest BCUT2D eigenvalue weighted by Crippen LogP contribution is -2.68. The van der Waals surface area contributed by atoms with Gasteiger partial charge in [0.25, 0.3) is 0 Å². The van der Waals surface area contributed by atoms with Gasteiger partial charge in [0.15, 0.2) is 0 Å². The fourth-order valence-electron chi connectivity index (χ4n) is 3.06. The third-order valence-electron chi connectivity index (χ3n) is 4.44. The number of nitrogens with one attached hydrogen (secondary N) is 1. The van der Waals surface area contributed by atoms with Crippen LogP contribution in [-0.2, 0) is 23.1 Å². The zero-order chi connectivity index (χ0) is 15.2. The number of aryl methyl sites for hydroxylation is 1. The first kappa shape index (κ1) is 14.1. The summed E-state index contributed by atoms with van der Waals surface area (Å²) in [6.45, 7) is 4.11. The highest BCUT2D eigenvalue weighted by Crippen LogP contribution is 2.38. The summed E-state index contributed by atoms with van der Waals surface area (Å²) in [4.78, 5) is 26.8. The Bertz CT molecular complexity index is 574. The summed E-state index contributed by atoms with van der Waals surface area (Å²) in [6.07, 6.45) is 4.54. The first-order chi connectivity index (χ1) is 9.90. The quantitative estimate of drug-likeness (QED) is 0.877. The molecule has 114 valence electrons. The highest BCUT2D eigenvalue weighted by Gasteiger charge is 2.50. The number of hydrogen-bond donors (Lipinski definition) is 1. The summed E-state index contributed by atoms with van der Waals surface area (Å²) in [5.74, 6) is 0.338. The van der Waals surface area contributed by atoms with Gasteiger partial charge in [-0.1, -0.05) is 0 Å². The molecule has 1 aromatic heterocycles. The van der Waals surface area contributed by atoms with Crippen LogP contribution in [0.2, 0.25) is 0 Å². The maximum absolute atomic E-state index is 12.7. The average Bonchev–Trinajstić information content (AvgIpc) is 3.15. The summed E-state index contributed by atoms with van der Waals surface area (Å²) in [7, 11) is 1.89. The molecule has 1 saturated carbocycles. The summed E-state index contributed by atoms with van der Waals surface area (Å²) in [5.41, 5.74) is 0.260. The predicted octanol–water partition coefficient (Wildman–Crippen LogP) is 0.478. The molecule has 1 aromatic rings. The predicted molar refractivity (Wildman–Crippen MR) is 77.4 cm³/mol. The van der Waals surface area contributed by atoms with E-state index in [0.29, 0.717) is 12.5 Å². The molecule has 1 aliphatic carbocycles. The lowest BCUT2D eigenvalue weighted by Gasteiger charge is -2.43. The Hall–Kier alpha value is -1.85. The van der Waals surface area contributed by atoms with Crippen molar-refractivity contribution in [1.82, 2.24) is 20.0 Å². The third-order valence-corrected chi connectivity index (χ3v) is 4.44. The fourth-order valence-corrected chi connectivity index (χ4v) is 3.06. The molecule has 0 radical (unpaired) electrons. The van der Waals surface area contributed by atoms with E-state index in [4.69, 9.17) is 0 Å². The van der Waals surface area contributed by atoms with Crippen molar-refractivity contribution >= 4 is 11.8 Å². The largest absolute Gasteiger partial charge is 0.340 e. The Morgan fingerprint density at radius 1 is 1.38 bits per heavy atom. The molecule has 1 unspecified atom stereocenters. The first-order valence-corrected chi connectivity index (χ1v) is 7.50. The van der Waals surface area contributed by atoms with Crippen LogP contribution in [-0.4, -0.2) is 44.6 Å². The molecule has 1 saturated heterocycles. The van der Waals surface area contributed by atoms with Crippen molar-refractivity contribution in [2.75, 3.05) is 6.54 Å². The molecule has 0 bridgehead atoms. The third kappa shape index (κ3) is 2.54. The Morgan fingerprint density at radius 2 is 2.10 bits per heavy atom. The minimum Gasteiger partial charge on any atom is -0.340 e. The molecule has 2 fully saturated rings. The number of hydrogen-bond acceptors (Lipinski definition) is 3. The highest BCUT2D eigenvalue weighted by atomic mass is 16.2. The van der Waals surface area contributed by atoms with E-state index in [1.165, 1.54) is 0 Å². The first-order valence-electron chi connectivity index (χ1n) is 7.50. The van der Waals surface area contributed by atoms with Crippen molar-refractivity contribution in [2.24, 2.45) is 13.0 Å². The maximum Gasteiger partial charge on any atom is 0.248 e. The van der Waals surface area contributed by atoms with Crippen LogP contribution in [0.3, 0.4) is 0 Å². The van der Waals surface area contributed by atoms with Gasteiger partial charge in [-0.15, -0.1) is 0 Å². The number of amides is 2. The van der Waals surface area contributed by atoms with Gasteiger partial charge in [-0.2, -0.15) is 5.10 Å². The molecule has 2 amide bonds. The Kier molecular flexibility index (Phi) is 3.26. The van der Waals surface area contributed by atoms with Gasteiger partial charge in [-0.05, 0) is 38.7 Å². The van der Waals surface area contributed by atoms with Crippen LogP contribution in [0.25, 0.3) is 0 Å². The van der Waals surface area contributed by atoms with Gasteiger partial charge >= 0.3 is 0 Å². The second-order valence-corrected chi connectivity index (χ2v) is 6.59. The lowest BCUT2D eigenvalue weighted by molar-refractivity contribution is -0.154. The van der Waals surface area contributed by atoms with E-state index in [2.05, 4.69) is 10.4 Å². The number of carbonyl (C=O) groups is 2. The second kappa shape index (κ2) is 4.86. The van der Waals surface area contributed by atoms with Gasteiger partial charge in [-0.3, -0.25) is 14.3 Å². The van der Waals surface area contributed by atoms with Gasteiger partial charge in [0.05, 0.1) is 0 Å². The number of carbonyl (C=O) groups excluding carboxylic acids is 2. The Balaban J connectivity index is 1.79.